The van der Waals surface area contributed by atoms with Gasteiger partial charge in [-0.05, 0) is 49.1 Å². The van der Waals surface area contributed by atoms with Gasteiger partial charge in [-0.25, -0.2) is 15.2 Å². The van der Waals surface area contributed by atoms with E-state index in [-0.39, 0.29) is 29.8 Å². The fourth-order valence-electron chi connectivity index (χ4n) is 4.11. The highest BCUT2D eigenvalue weighted by Gasteiger charge is 2.40. The molecule has 5 rings (SSSR count). The summed E-state index contributed by atoms with van der Waals surface area (Å²) < 4.78 is 18.7. The molecule has 0 spiro atoms. The highest BCUT2D eigenvalue weighted by atomic mass is 19.1. The summed E-state index contributed by atoms with van der Waals surface area (Å²) in [6, 6.07) is 9.31. The molecule has 0 radical (unpaired) electrons. The predicted octanol–water partition coefficient (Wildman–Crippen LogP) is 2.54. The zero-order chi connectivity index (χ0) is 20.5. The molecule has 4 heterocycles. The molecule has 2 aliphatic heterocycles. The van der Waals surface area contributed by atoms with E-state index in [1.807, 2.05) is 17.0 Å². The molecule has 3 atom stereocenters. The largest absolute Gasteiger partial charge is 0.337 e. The van der Waals surface area contributed by atoms with Crippen LogP contribution in [0, 0.1) is 5.82 Å². The number of aromatic nitrogens is 3. The van der Waals surface area contributed by atoms with Crippen LogP contribution < -0.4 is 10.9 Å². The molecule has 30 heavy (non-hydrogen) atoms. The van der Waals surface area contributed by atoms with Gasteiger partial charge in [-0.2, -0.15) is 4.98 Å². The number of nitrogens with one attached hydrogen (secondary N) is 2. The van der Waals surface area contributed by atoms with Crippen LogP contribution in [0.25, 0.3) is 11.4 Å². The van der Waals surface area contributed by atoms with Crippen molar-refractivity contribution in [2.75, 3.05) is 6.54 Å². The van der Waals surface area contributed by atoms with Gasteiger partial charge in [-0.1, -0.05) is 17.3 Å². The van der Waals surface area contributed by atoms with Crippen molar-refractivity contribution >= 4 is 5.91 Å². The van der Waals surface area contributed by atoms with E-state index >= 15 is 0 Å². The highest BCUT2D eigenvalue weighted by Crippen LogP contribution is 2.34. The molecular weight excluding hydrogens is 387 g/mol. The second-order valence-electron chi connectivity index (χ2n) is 7.56. The third-order valence-electron chi connectivity index (χ3n) is 5.67. The van der Waals surface area contributed by atoms with Crippen LogP contribution in [-0.4, -0.2) is 38.5 Å². The number of carbonyl (C=O) groups excluding carboxylic acids is 1. The maximum atomic E-state index is 13.2. The average Bonchev–Trinajstić information content (AvgIpc) is 3.54. The Morgan fingerprint density at radius 3 is 2.73 bits per heavy atom. The van der Waals surface area contributed by atoms with Gasteiger partial charge in [0, 0.05) is 30.5 Å². The molecule has 3 aromatic rings. The van der Waals surface area contributed by atoms with Crippen LogP contribution >= 0.6 is 0 Å². The molecule has 154 valence electrons. The third kappa shape index (κ3) is 3.57. The lowest BCUT2D eigenvalue weighted by Crippen LogP contribution is -2.45. The zero-order valence-electron chi connectivity index (χ0n) is 16.2. The Morgan fingerprint density at radius 2 is 1.93 bits per heavy atom. The van der Waals surface area contributed by atoms with E-state index in [0.29, 0.717) is 24.7 Å². The Bertz CT molecular complexity index is 1030. The molecule has 1 aromatic carbocycles. The van der Waals surface area contributed by atoms with E-state index < -0.39 is 0 Å². The van der Waals surface area contributed by atoms with E-state index in [0.717, 1.165) is 24.0 Å². The SMILES string of the molecule is O=C(C1CC(c2ccc(F)cc2)NN1)N1CCC[C@H]1c1nc(-c2ccncc2)no1. The number of hydrazine groups is 1. The topological polar surface area (TPSA) is 96.2 Å². The normalized spacial score (nSPS) is 23.8. The first kappa shape index (κ1) is 18.8. The Morgan fingerprint density at radius 1 is 1.13 bits per heavy atom. The number of hydrogen-bond donors (Lipinski definition) is 2. The van der Waals surface area contributed by atoms with Crippen molar-refractivity contribution in [1.82, 2.24) is 30.9 Å². The molecule has 9 heteroatoms. The maximum absolute atomic E-state index is 13.2. The lowest BCUT2D eigenvalue weighted by Gasteiger charge is -2.24. The lowest BCUT2D eigenvalue weighted by molar-refractivity contribution is -0.134. The quantitative estimate of drug-likeness (QED) is 0.685. The van der Waals surface area contributed by atoms with E-state index in [2.05, 4.69) is 26.0 Å². The molecular formula is C21H21FN6O2. The van der Waals surface area contributed by atoms with E-state index in [1.54, 1.807) is 24.5 Å². The van der Waals surface area contributed by atoms with Gasteiger partial charge in [-0.3, -0.25) is 9.78 Å². The smallest absolute Gasteiger partial charge is 0.249 e. The number of rotatable bonds is 4. The summed E-state index contributed by atoms with van der Waals surface area (Å²) in [7, 11) is 0. The van der Waals surface area contributed by atoms with Gasteiger partial charge < -0.3 is 9.42 Å². The summed E-state index contributed by atoms with van der Waals surface area (Å²) in [6.45, 7) is 0.649. The van der Waals surface area contributed by atoms with Gasteiger partial charge in [0.15, 0.2) is 0 Å². The summed E-state index contributed by atoms with van der Waals surface area (Å²) in [5.74, 6) is 0.665. The summed E-state index contributed by atoms with van der Waals surface area (Å²) >= 11 is 0. The van der Waals surface area contributed by atoms with Gasteiger partial charge in [0.25, 0.3) is 0 Å². The van der Waals surface area contributed by atoms with Crippen molar-refractivity contribution in [3.8, 4) is 11.4 Å². The van der Waals surface area contributed by atoms with Crippen LogP contribution in [0.4, 0.5) is 4.39 Å². The van der Waals surface area contributed by atoms with Crippen molar-refractivity contribution < 1.29 is 13.7 Å². The maximum Gasteiger partial charge on any atom is 0.249 e. The van der Waals surface area contributed by atoms with Gasteiger partial charge in [0.05, 0.1) is 0 Å². The summed E-state index contributed by atoms with van der Waals surface area (Å²) in [4.78, 5) is 23.5. The fourth-order valence-corrected chi connectivity index (χ4v) is 4.11. The Balaban J connectivity index is 1.29. The first-order chi connectivity index (χ1) is 14.7. The monoisotopic (exact) mass is 408 g/mol. The van der Waals surface area contributed by atoms with Crippen LogP contribution in [0.5, 0.6) is 0 Å². The fraction of sp³-hybridized carbons (Fsp3) is 0.333. The van der Waals surface area contributed by atoms with Crippen molar-refractivity contribution in [2.45, 2.75) is 37.4 Å². The second-order valence-corrected chi connectivity index (χ2v) is 7.56. The van der Waals surface area contributed by atoms with Gasteiger partial charge in [0.1, 0.15) is 17.9 Å². The van der Waals surface area contributed by atoms with Gasteiger partial charge >= 0.3 is 0 Å². The average molecular weight is 408 g/mol. The highest BCUT2D eigenvalue weighted by molar-refractivity contribution is 5.83. The molecule has 2 saturated heterocycles. The summed E-state index contributed by atoms with van der Waals surface area (Å²) in [5, 5.41) is 4.07. The molecule has 1 amide bonds. The van der Waals surface area contributed by atoms with Gasteiger partial charge in [-0.15, -0.1) is 0 Å². The number of halogens is 1. The Kier molecular flexibility index (Phi) is 4.97. The summed E-state index contributed by atoms with van der Waals surface area (Å²) in [6.07, 6.45) is 5.59. The van der Waals surface area contributed by atoms with Gasteiger partial charge in [0.2, 0.25) is 17.6 Å². The molecule has 2 aromatic heterocycles. The zero-order valence-corrected chi connectivity index (χ0v) is 16.2. The van der Waals surface area contributed by atoms with Crippen molar-refractivity contribution in [3.63, 3.8) is 0 Å². The Labute approximate surface area is 172 Å². The van der Waals surface area contributed by atoms with E-state index in [4.69, 9.17) is 4.52 Å². The van der Waals surface area contributed by atoms with Crippen molar-refractivity contribution in [1.29, 1.82) is 0 Å². The van der Waals surface area contributed by atoms with Crippen LogP contribution in [-0.2, 0) is 4.79 Å². The molecule has 0 aliphatic carbocycles. The minimum absolute atomic E-state index is 0.00160. The standard InChI is InChI=1S/C21H21FN6O2/c22-15-5-3-13(4-6-15)16-12-17(26-25-16)21(29)28-11-1-2-18(28)20-24-19(27-30-20)14-7-9-23-10-8-14/h3-10,16-18,25-26H,1-2,11-12H2/t16?,17?,18-/m0/s1. The van der Waals surface area contributed by atoms with Crippen LogP contribution in [0.3, 0.4) is 0 Å². The first-order valence-electron chi connectivity index (χ1n) is 10.00. The lowest BCUT2D eigenvalue weighted by atomic mass is 10.0. The van der Waals surface area contributed by atoms with Crippen LogP contribution in [0.1, 0.15) is 42.8 Å². The van der Waals surface area contributed by atoms with Crippen LogP contribution in [0.15, 0.2) is 53.3 Å². The molecule has 2 N–H and O–H groups in total. The Hall–Kier alpha value is -3.17. The number of amides is 1. The van der Waals surface area contributed by atoms with Crippen LogP contribution in [0.2, 0.25) is 0 Å². The molecule has 0 bridgehead atoms. The molecule has 2 aliphatic rings. The second kappa shape index (κ2) is 7.92. The molecule has 2 fully saturated rings. The van der Waals surface area contributed by atoms with Crippen molar-refractivity contribution in [3.05, 3.63) is 66.1 Å². The third-order valence-corrected chi connectivity index (χ3v) is 5.67. The van der Waals surface area contributed by atoms with E-state index in [1.165, 1.54) is 12.1 Å². The number of pyridine rings is 1. The minimum Gasteiger partial charge on any atom is -0.337 e. The van der Waals surface area contributed by atoms with E-state index in [9.17, 15) is 9.18 Å². The number of benzene rings is 1. The molecule has 2 unspecified atom stereocenters. The predicted molar refractivity (Wildman–Crippen MR) is 105 cm³/mol. The number of likely N-dealkylation sites (tertiary alicyclic amines) is 1. The minimum atomic E-state index is -0.372. The van der Waals surface area contributed by atoms with Crippen molar-refractivity contribution in [2.24, 2.45) is 0 Å². The first-order valence-corrected chi connectivity index (χ1v) is 10.00. The number of carbonyl (C=O) groups is 1. The number of hydrogen-bond acceptors (Lipinski definition) is 7. The molecule has 0 saturated carbocycles. The summed E-state index contributed by atoms with van der Waals surface area (Å²) in [5.41, 5.74) is 8.00. The number of nitrogens with zero attached hydrogens (tertiary/aromatic N) is 4. The molecule has 8 nitrogen and oxygen atoms in total.